The van der Waals surface area contributed by atoms with E-state index in [2.05, 4.69) is 10.1 Å². The minimum Gasteiger partial charge on any atom is -0.370 e. The minimum atomic E-state index is -4.58. The van der Waals surface area contributed by atoms with E-state index in [1.807, 2.05) is 0 Å². The Hall–Kier alpha value is -1.06. The standard InChI is InChI=1S/C14H22FN3O4S/c1-21-14(6-2-3-7-14)13-16-12(22-17-13)10-11-4-8-18(9-5-11)23(15,19)20/h11H,2-10H2,1H3. The van der Waals surface area contributed by atoms with Gasteiger partial charge in [0.05, 0.1) is 0 Å². The molecule has 0 atom stereocenters. The monoisotopic (exact) mass is 347 g/mol. The predicted molar refractivity (Wildman–Crippen MR) is 79.5 cm³/mol. The Bertz CT molecular complexity index is 634. The van der Waals surface area contributed by atoms with Crippen molar-refractivity contribution in [2.75, 3.05) is 20.2 Å². The normalized spacial score (nSPS) is 23.4. The van der Waals surface area contributed by atoms with Crippen molar-refractivity contribution in [1.82, 2.24) is 14.4 Å². The van der Waals surface area contributed by atoms with Crippen LogP contribution in [0.15, 0.2) is 4.52 Å². The van der Waals surface area contributed by atoms with Crippen molar-refractivity contribution >= 4 is 10.4 Å². The third-order valence-electron chi connectivity index (χ3n) is 5.02. The first kappa shape index (κ1) is 16.8. The number of aromatic nitrogens is 2. The van der Waals surface area contributed by atoms with E-state index < -0.39 is 16.0 Å². The van der Waals surface area contributed by atoms with Crippen LogP contribution in [0, 0.1) is 5.92 Å². The molecule has 1 saturated heterocycles. The molecular formula is C14H22FN3O4S. The zero-order chi connectivity index (χ0) is 16.5. The molecule has 0 unspecified atom stereocenters. The van der Waals surface area contributed by atoms with Crippen LogP contribution in [0.3, 0.4) is 0 Å². The Balaban J connectivity index is 1.60. The number of hydrogen-bond acceptors (Lipinski definition) is 6. The lowest BCUT2D eigenvalue weighted by atomic mass is 9.94. The first-order valence-corrected chi connectivity index (χ1v) is 9.35. The molecule has 0 N–H and O–H groups in total. The second-order valence-electron chi connectivity index (χ2n) is 6.41. The number of rotatable bonds is 5. The number of halogens is 1. The van der Waals surface area contributed by atoms with Gasteiger partial charge in [-0.1, -0.05) is 9.04 Å². The van der Waals surface area contributed by atoms with Crippen LogP contribution in [-0.2, 0) is 27.2 Å². The van der Waals surface area contributed by atoms with E-state index in [9.17, 15) is 12.3 Å². The van der Waals surface area contributed by atoms with Gasteiger partial charge in [-0.3, -0.25) is 0 Å². The van der Waals surface area contributed by atoms with E-state index in [0.29, 0.717) is 31.0 Å². The first-order chi connectivity index (χ1) is 10.9. The van der Waals surface area contributed by atoms with Gasteiger partial charge in [-0.05, 0) is 44.4 Å². The third kappa shape index (κ3) is 3.56. The van der Waals surface area contributed by atoms with Crippen LogP contribution in [0.2, 0.25) is 0 Å². The molecule has 0 bridgehead atoms. The van der Waals surface area contributed by atoms with E-state index in [1.165, 1.54) is 0 Å². The fourth-order valence-electron chi connectivity index (χ4n) is 3.57. The molecule has 1 saturated carbocycles. The Labute approximate surface area is 135 Å². The Kier molecular flexibility index (Phi) is 4.70. The first-order valence-electron chi connectivity index (χ1n) is 8.01. The van der Waals surface area contributed by atoms with Gasteiger partial charge in [-0.2, -0.15) is 17.7 Å². The maximum absolute atomic E-state index is 12.9. The number of nitrogens with zero attached hydrogens (tertiary/aromatic N) is 3. The summed E-state index contributed by atoms with van der Waals surface area (Å²) in [5.41, 5.74) is -0.423. The lowest BCUT2D eigenvalue weighted by Crippen LogP contribution is -2.36. The predicted octanol–water partition coefficient (Wildman–Crippen LogP) is 1.95. The fourth-order valence-corrected chi connectivity index (χ4v) is 4.21. The second kappa shape index (κ2) is 6.45. The molecule has 0 radical (unpaired) electrons. The summed E-state index contributed by atoms with van der Waals surface area (Å²) >= 11 is 0. The molecule has 1 aliphatic carbocycles. The van der Waals surface area contributed by atoms with Gasteiger partial charge in [0.2, 0.25) is 11.7 Å². The van der Waals surface area contributed by atoms with Gasteiger partial charge < -0.3 is 9.26 Å². The molecule has 130 valence electrons. The number of piperidine rings is 1. The fraction of sp³-hybridized carbons (Fsp3) is 0.857. The molecule has 23 heavy (non-hydrogen) atoms. The molecule has 2 heterocycles. The molecule has 1 aromatic rings. The van der Waals surface area contributed by atoms with Gasteiger partial charge in [0.25, 0.3) is 0 Å². The summed E-state index contributed by atoms with van der Waals surface area (Å²) in [5, 5.41) is 4.08. The van der Waals surface area contributed by atoms with Crippen LogP contribution < -0.4 is 0 Å². The van der Waals surface area contributed by atoms with E-state index in [4.69, 9.17) is 9.26 Å². The van der Waals surface area contributed by atoms with Gasteiger partial charge in [-0.25, -0.2) is 0 Å². The van der Waals surface area contributed by atoms with E-state index in [-0.39, 0.29) is 19.0 Å². The maximum atomic E-state index is 12.9. The Morgan fingerprint density at radius 2 is 2.00 bits per heavy atom. The molecule has 0 spiro atoms. The average molecular weight is 347 g/mol. The molecule has 1 aliphatic heterocycles. The zero-order valence-electron chi connectivity index (χ0n) is 13.2. The molecule has 1 aromatic heterocycles. The molecule has 0 amide bonds. The van der Waals surface area contributed by atoms with Crippen molar-refractivity contribution in [3.8, 4) is 0 Å². The molecular weight excluding hydrogens is 325 g/mol. The quantitative estimate of drug-likeness (QED) is 0.757. The number of ether oxygens (including phenoxy) is 1. The second-order valence-corrected chi connectivity index (χ2v) is 7.75. The van der Waals surface area contributed by atoms with Gasteiger partial charge >= 0.3 is 10.4 Å². The third-order valence-corrected chi connectivity index (χ3v) is 6.00. The molecule has 3 rings (SSSR count). The number of hydrogen-bond donors (Lipinski definition) is 0. The van der Waals surface area contributed by atoms with E-state index in [1.54, 1.807) is 7.11 Å². The summed E-state index contributed by atoms with van der Waals surface area (Å²) in [6.45, 7) is 0.402. The summed E-state index contributed by atoms with van der Waals surface area (Å²) < 4.78 is 46.5. The SMILES string of the molecule is COC1(c2noc(CC3CCN(S(=O)(=O)F)CC3)n2)CCCC1. The van der Waals surface area contributed by atoms with Crippen LogP contribution in [-0.4, -0.2) is 43.1 Å². The smallest absolute Gasteiger partial charge is 0.370 e. The van der Waals surface area contributed by atoms with Crippen molar-refractivity contribution in [3.63, 3.8) is 0 Å². The lowest BCUT2D eigenvalue weighted by molar-refractivity contribution is -0.0178. The molecule has 9 heteroatoms. The highest BCUT2D eigenvalue weighted by atomic mass is 32.3. The van der Waals surface area contributed by atoms with Gasteiger partial charge in [0.1, 0.15) is 5.60 Å². The molecule has 0 aromatic carbocycles. The number of methoxy groups -OCH3 is 1. The average Bonchev–Trinajstić information content (AvgIpc) is 3.16. The van der Waals surface area contributed by atoms with Crippen LogP contribution in [0.25, 0.3) is 0 Å². The Morgan fingerprint density at radius 1 is 1.35 bits per heavy atom. The Morgan fingerprint density at radius 3 is 2.57 bits per heavy atom. The zero-order valence-corrected chi connectivity index (χ0v) is 14.0. The van der Waals surface area contributed by atoms with Crippen molar-refractivity contribution in [1.29, 1.82) is 0 Å². The van der Waals surface area contributed by atoms with Crippen LogP contribution in [0.1, 0.15) is 50.2 Å². The van der Waals surface area contributed by atoms with Crippen molar-refractivity contribution < 1.29 is 21.6 Å². The van der Waals surface area contributed by atoms with Gasteiger partial charge in [0, 0.05) is 26.6 Å². The van der Waals surface area contributed by atoms with Crippen molar-refractivity contribution in [3.05, 3.63) is 11.7 Å². The highest BCUT2D eigenvalue weighted by Gasteiger charge is 2.40. The van der Waals surface area contributed by atoms with Crippen molar-refractivity contribution in [2.24, 2.45) is 5.92 Å². The summed E-state index contributed by atoms with van der Waals surface area (Å²) in [5.74, 6) is 1.38. The largest absolute Gasteiger partial charge is 0.374 e. The van der Waals surface area contributed by atoms with Crippen LogP contribution in [0.4, 0.5) is 3.89 Å². The molecule has 2 aliphatic rings. The van der Waals surface area contributed by atoms with E-state index >= 15 is 0 Å². The summed E-state index contributed by atoms with van der Waals surface area (Å²) in [6, 6.07) is 0. The minimum absolute atomic E-state index is 0.201. The van der Waals surface area contributed by atoms with Crippen molar-refractivity contribution in [2.45, 2.75) is 50.5 Å². The summed E-state index contributed by atoms with van der Waals surface area (Å²) in [4.78, 5) is 4.49. The molecule has 7 nitrogen and oxygen atoms in total. The van der Waals surface area contributed by atoms with Crippen LogP contribution >= 0.6 is 0 Å². The summed E-state index contributed by atoms with van der Waals surface area (Å²) in [7, 11) is -2.90. The summed E-state index contributed by atoms with van der Waals surface area (Å²) in [6.07, 6.45) is 5.76. The maximum Gasteiger partial charge on any atom is 0.374 e. The van der Waals surface area contributed by atoms with Gasteiger partial charge in [-0.15, -0.1) is 0 Å². The van der Waals surface area contributed by atoms with E-state index in [0.717, 1.165) is 30.0 Å². The molecule has 2 fully saturated rings. The van der Waals surface area contributed by atoms with Gasteiger partial charge in [0.15, 0.2) is 0 Å². The van der Waals surface area contributed by atoms with Crippen LogP contribution in [0.5, 0.6) is 0 Å². The highest BCUT2D eigenvalue weighted by Crippen LogP contribution is 2.40. The highest BCUT2D eigenvalue weighted by molar-refractivity contribution is 7.83. The lowest BCUT2D eigenvalue weighted by Gasteiger charge is -2.27. The topological polar surface area (TPSA) is 85.5 Å².